The molecule has 0 aromatic heterocycles. The molecule has 0 amide bonds. The Balaban J connectivity index is 2.22. The van der Waals surface area contributed by atoms with Gasteiger partial charge in [0.05, 0.1) is 12.7 Å². The summed E-state index contributed by atoms with van der Waals surface area (Å²) in [5, 5.41) is 60.0. The van der Waals surface area contributed by atoms with Gasteiger partial charge in [0.2, 0.25) is 0 Å². The molecule has 0 saturated heterocycles. The number of rotatable bonds is 12. The van der Waals surface area contributed by atoms with Gasteiger partial charge in [-0.25, -0.2) is 8.78 Å². The summed E-state index contributed by atoms with van der Waals surface area (Å²) >= 11 is 0. The maximum Gasteiger partial charge on any atom is 0.126 e. The fraction of sp³-hybridized carbons (Fsp3) is 0.500. The summed E-state index contributed by atoms with van der Waals surface area (Å²) in [5.74, 6) is -1.95. The third-order valence-corrected chi connectivity index (χ3v) is 6.04. The first-order valence-electron chi connectivity index (χ1n) is 10.6. The Bertz CT molecular complexity index is 836. The molecule has 2 rings (SSSR count). The molecule has 2 aromatic rings. The molecule has 0 bridgehead atoms. The third kappa shape index (κ3) is 6.78. The van der Waals surface area contributed by atoms with Crippen LogP contribution in [0.3, 0.4) is 0 Å². The standard InChI is InChI=1S/C24H32F2O6/c1-14(10-11-15-6-2-4-8-18(15)25)17(12-16-7-3-5-9-19(16)26)21(29)23(31)24(32)22(30)20(28)13-27/h2-9,14,17,20-24,27-32H,10-13H2,1H3/t14?,17?,20-,21?,22+,23+,24-/m0/s1. The predicted octanol–water partition coefficient (Wildman–Crippen LogP) is 1.19. The van der Waals surface area contributed by atoms with Crippen LogP contribution in [0, 0.1) is 23.5 Å². The first kappa shape index (κ1) is 26.3. The van der Waals surface area contributed by atoms with Crippen LogP contribution >= 0.6 is 0 Å². The van der Waals surface area contributed by atoms with Crippen LogP contribution in [-0.4, -0.2) is 67.8 Å². The highest BCUT2D eigenvalue weighted by Crippen LogP contribution is 2.29. The maximum absolute atomic E-state index is 14.3. The van der Waals surface area contributed by atoms with Crippen molar-refractivity contribution in [1.29, 1.82) is 0 Å². The van der Waals surface area contributed by atoms with Crippen molar-refractivity contribution in [2.24, 2.45) is 11.8 Å². The van der Waals surface area contributed by atoms with Crippen LogP contribution in [0.15, 0.2) is 48.5 Å². The van der Waals surface area contributed by atoms with Crippen LogP contribution in [-0.2, 0) is 12.8 Å². The fourth-order valence-electron chi connectivity index (χ4n) is 3.87. The normalized spacial score (nSPS) is 18.4. The summed E-state index contributed by atoms with van der Waals surface area (Å²) in [4.78, 5) is 0. The van der Waals surface area contributed by atoms with E-state index < -0.39 is 48.9 Å². The van der Waals surface area contributed by atoms with Crippen molar-refractivity contribution < 1.29 is 39.4 Å². The van der Waals surface area contributed by atoms with Crippen molar-refractivity contribution in [2.45, 2.75) is 56.7 Å². The summed E-state index contributed by atoms with van der Waals surface area (Å²) in [5.41, 5.74) is 0.785. The molecule has 0 heterocycles. The van der Waals surface area contributed by atoms with Gasteiger partial charge in [0, 0.05) is 0 Å². The molecular formula is C24H32F2O6. The molecule has 0 aliphatic rings. The van der Waals surface area contributed by atoms with Gasteiger partial charge < -0.3 is 30.6 Å². The maximum atomic E-state index is 14.3. The highest BCUT2D eigenvalue weighted by atomic mass is 19.1. The Morgan fingerprint density at radius 2 is 1.22 bits per heavy atom. The number of aliphatic hydroxyl groups excluding tert-OH is 6. The van der Waals surface area contributed by atoms with E-state index in [1.165, 1.54) is 18.2 Å². The van der Waals surface area contributed by atoms with Crippen molar-refractivity contribution in [2.75, 3.05) is 6.61 Å². The number of hydrogen-bond acceptors (Lipinski definition) is 6. The molecule has 2 aromatic carbocycles. The molecular weight excluding hydrogens is 422 g/mol. The lowest BCUT2D eigenvalue weighted by molar-refractivity contribution is -0.152. The monoisotopic (exact) mass is 454 g/mol. The van der Waals surface area contributed by atoms with Crippen molar-refractivity contribution in [3.8, 4) is 0 Å². The molecule has 178 valence electrons. The van der Waals surface area contributed by atoms with Gasteiger partial charge in [-0.3, -0.25) is 0 Å². The molecule has 0 radical (unpaired) electrons. The van der Waals surface area contributed by atoms with Crippen LogP contribution in [0.1, 0.15) is 24.5 Å². The minimum atomic E-state index is -1.95. The quantitative estimate of drug-likeness (QED) is 0.287. The number of aryl methyl sites for hydroxylation is 1. The van der Waals surface area contributed by atoms with Gasteiger partial charge in [-0.1, -0.05) is 43.3 Å². The Hall–Kier alpha value is -1.94. The van der Waals surface area contributed by atoms with E-state index in [9.17, 15) is 34.3 Å². The zero-order valence-electron chi connectivity index (χ0n) is 17.9. The highest BCUT2D eigenvalue weighted by Gasteiger charge is 2.39. The van der Waals surface area contributed by atoms with E-state index in [0.717, 1.165) is 0 Å². The smallest absolute Gasteiger partial charge is 0.126 e. The number of aliphatic hydroxyl groups is 6. The summed E-state index contributed by atoms with van der Waals surface area (Å²) in [6.45, 7) is 0.923. The molecule has 0 aliphatic carbocycles. The van der Waals surface area contributed by atoms with Gasteiger partial charge in [-0.2, -0.15) is 0 Å². The third-order valence-electron chi connectivity index (χ3n) is 6.04. The fourth-order valence-corrected chi connectivity index (χ4v) is 3.87. The van der Waals surface area contributed by atoms with Crippen molar-refractivity contribution in [3.05, 3.63) is 71.3 Å². The summed E-state index contributed by atoms with van der Waals surface area (Å²) in [6, 6.07) is 12.3. The van der Waals surface area contributed by atoms with E-state index in [-0.39, 0.29) is 18.2 Å². The van der Waals surface area contributed by atoms with E-state index in [2.05, 4.69) is 0 Å². The molecule has 7 atom stereocenters. The molecule has 6 N–H and O–H groups in total. The Morgan fingerprint density at radius 3 is 1.75 bits per heavy atom. The van der Waals surface area contributed by atoms with E-state index in [1.54, 1.807) is 37.3 Å². The molecule has 32 heavy (non-hydrogen) atoms. The lowest BCUT2D eigenvalue weighted by Crippen LogP contribution is -2.52. The van der Waals surface area contributed by atoms with Crippen LogP contribution in [0.25, 0.3) is 0 Å². The van der Waals surface area contributed by atoms with Crippen LogP contribution in [0.2, 0.25) is 0 Å². The van der Waals surface area contributed by atoms with Gasteiger partial charge in [0.15, 0.2) is 0 Å². The SMILES string of the molecule is CC(CCc1ccccc1F)C(Cc1ccccc1F)C(O)[C@@H](O)[C@@H](O)[C@H](O)[C@@H](O)CO. The van der Waals surface area contributed by atoms with Gasteiger partial charge in [0.1, 0.15) is 36.1 Å². The minimum absolute atomic E-state index is 0.0225. The van der Waals surface area contributed by atoms with Gasteiger partial charge >= 0.3 is 0 Å². The lowest BCUT2D eigenvalue weighted by atomic mass is 9.77. The largest absolute Gasteiger partial charge is 0.394 e. The Kier molecular flexibility index (Phi) is 10.1. The molecule has 0 fully saturated rings. The van der Waals surface area contributed by atoms with Gasteiger partial charge in [-0.15, -0.1) is 0 Å². The molecule has 0 spiro atoms. The van der Waals surface area contributed by atoms with E-state index in [0.29, 0.717) is 24.0 Å². The summed E-state index contributed by atoms with van der Waals surface area (Å²) in [6.07, 6.45) is -8.26. The average Bonchev–Trinajstić information content (AvgIpc) is 2.80. The first-order valence-corrected chi connectivity index (χ1v) is 10.6. The zero-order chi connectivity index (χ0) is 23.8. The number of halogens is 2. The zero-order valence-corrected chi connectivity index (χ0v) is 17.9. The van der Waals surface area contributed by atoms with Crippen LogP contribution in [0.5, 0.6) is 0 Å². The molecule has 3 unspecified atom stereocenters. The molecule has 6 nitrogen and oxygen atoms in total. The second-order valence-corrected chi connectivity index (χ2v) is 8.28. The first-order chi connectivity index (χ1) is 15.2. The van der Waals surface area contributed by atoms with Gasteiger partial charge in [-0.05, 0) is 54.4 Å². The van der Waals surface area contributed by atoms with E-state index >= 15 is 0 Å². The van der Waals surface area contributed by atoms with E-state index in [1.807, 2.05) is 0 Å². The Morgan fingerprint density at radius 1 is 0.719 bits per heavy atom. The molecule has 0 saturated carbocycles. The van der Waals surface area contributed by atoms with Crippen molar-refractivity contribution in [1.82, 2.24) is 0 Å². The number of hydrogen-bond donors (Lipinski definition) is 6. The topological polar surface area (TPSA) is 121 Å². The van der Waals surface area contributed by atoms with Crippen molar-refractivity contribution >= 4 is 0 Å². The molecule has 8 heteroatoms. The summed E-state index contributed by atoms with van der Waals surface area (Å²) in [7, 11) is 0. The predicted molar refractivity (Wildman–Crippen MR) is 115 cm³/mol. The van der Waals surface area contributed by atoms with Crippen LogP contribution in [0.4, 0.5) is 8.78 Å². The van der Waals surface area contributed by atoms with Crippen LogP contribution < -0.4 is 0 Å². The second-order valence-electron chi connectivity index (χ2n) is 8.28. The average molecular weight is 455 g/mol. The highest BCUT2D eigenvalue weighted by molar-refractivity contribution is 5.19. The van der Waals surface area contributed by atoms with E-state index in [4.69, 9.17) is 5.11 Å². The molecule has 0 aliphatic heterocycles. The van der Waals surface area contributed by atoms with Gasteiger partial charge in [0.25, 0.3) is 0 Å². The summed E-state index contributed by atoms with van der Waals surface area (Å²) < 4.78 is 28.3. The lowest BCUT2D eigenvalue weighted by Gasteiger charge is -2.35. The minimum Gasteiger partial charge on any atom is -0.394 e. The Labute approximate surface area is 186 Å². The van der Waals surface area contributed by atoms with Crippen molar-refractivity contribution in [3.63, 3.8) is 0 Å². The number of benzene rings is 2. The second kappa shape index (κ2) is 12.3.